The van der Waals surface area contributed by atoms with Gasteiger partial charge < -0.3 is 10.5 Å². The number of rotatable bonds is 4. The Morgan fingerprint density at radius 1 is 1.40 bits per heavy atom. The maximum Gasteiger partial charge on any atom is 0.145 e. The van der Waals surface area contributed by atoms with E-state index in [1.54, 1.807) is 10.9 Å². The molecule has 1 heterocycles. The number of nitrogen functional groups attached to an aromatic ring is 1. The third-order valence-corrected chi connectivity index (χ3v) is 3.90. The van der Waals surface area contributed by atoms with E-state index in [1.165, 1.54) is 12.8 Å². The molecular weight excluding hydrogens is 274 g/mol. The Morgan fingerprint density at radius 2 is 2.15 bits per heavy atom. The Balaban J connectivity index is 2.04. The lowest BCUT2D eigenvalue weighted by Crippen LogP contribution is -2.03. The summed E-state index contributed by atoms with van der Waals surface area (Å²) in [7, 11) is 1.82. The van der Waals surface area contributed by atoms with Crippen LogP contribution in [0.1, 0.15) is 18.4 Å². The lowest BCUT2D eigenvalue weighted by Gasteiger charge is -2.14. The van der Waals surface area contributed by atoms with E-state index in [4.69, 9.17) is 22.1 Å². The molecule has 5 heteroatoms. The summed E-state index contributed by atoms with van der Waals surface area (Å²) in [6, 6.07) is 3.96. The van der Waals surface area contributed by atoms with Crippen LogP contribution in [0.2, 0.25) is 5.02 Å². The van der Waals surface area contributed by atoms with Crippen LogP contribution in [0.3, 0.4) is 0 Å². The average molecular weight is 292 g/mol. The van der Waals surface area contributed by atoms with Crippen molar-refractivity contribution in [3.05, 3.63) is 28.9 Å². The van der Waals surface area contributed by atoms with Crippen molar-refractivity contribution in [2.24, 2.45) is 13.0 Å². The van der Waals surface area contributed by atoms with Crippen LogP contribution in [-0.4, -0.2) is 16.4 Å². The van der Waals surface area contributed by atoms with Crippen molar-refractivity contribution >= 4 is 17.4 Å². The van der Waals surface area contributed by atoms with Crippen LogP contribution in [0.25, 0.3) is 11.1 Å². The van der Waals surface area contributed by atoms with E-state index in [1.807, 2.05) is 26.1 Å². The fourth-order valence-electron chi connectivity index (χ4n) is 2.22. The summed E-state index contributed by atoms with van der Waals surface area (Å²) in [6.07, 6.45) is 4.24. The van der Waals surface area contributed by atoms with E-state index >= 15 is 0 Å². The highest BCUT2D eigenvalue weighted by Gasteiger charge is 2.24. The van der Waals surface area contributed by atoms with Crippen LogP contribution in [0.5, 0.6) is 5.75 Å². The van der Waals surface area contributed by atoms with Gasteiger partial charge in [0.15, 0.2) is 0 Å². The molecule has 3 rings (SSSR count). The summed E-state index contributed by atoms with van der Waals surface area (Å²) >= 11 is 6.35. The number of aromatic nitrogens is 2. The first-order chi connectivity index (χ1) is 9.56. The Morgan fingerprint density at radius 3 is 2.75 bits per heavy atom. The van der Waals surface area contributed by atoms with Crippen molar-refractivity contribution in [3.8, 4) is 16.9 Å². The maximum absolute atomic E-state index is 6.35. The first-order valence-electron chi connectivity index (χ1n) is 6.77. The number of nitrogens with zero attached hydrogens (tertiary/aromatic N) is 2. The van der Waals surface area contributed by atoms with Gasteiger partial charge in [-0.05, 0) is 43.4 Å². The summed E-state index contributed by atoms with van der Waals surface area (Å²) in [5.74, 6) is 2.00. The van der Waals surface area contributed by atoms with E-state index in [0.717, 1.165) is 23.3 Å². The van der Waals surface area contributed by atoms with Crippen LogP contribution in [0.15, 0.2) is 18.3 Å². The van der Waals surface area contributed by atoms with E-state index in [9.17, 15) is 0 Å². The number of anilines is 1. The van der Waals surface area contributed by atoms with Gasteiger partial charge in [-0.3, -0.25) is 4.68 Å². The molecular formula is C15H18ClN3O. The van der Waals surface area contributed by atoms with Crippen LogP contribution >= 0.6 is 11.6 Å². The molecule has 0 amide bonds. The van der Waals surface area contributed by atoms with Gasteiger partial charge in [0.1, 0.15) is 11.6 Å². The lowest BCUT2D eigenvalue weighted by atomic mass is 10.0. The van der Waals surface area contributed by atoms with Crippen LogP contribution < -0.4 is 10.5 Å². The Hall–Kier alpha value is -1.68. The number of nitrogens with two attached hydrogens (primary N) is 1. The Labute approximate surface area is 123 Å². The van der Waals surface area contributed by atoms with Crippen molar-refractivity contribution in [1.29, 1.82) is 0 Å². The number of aryl methyl sites for hydroxylation is 2. The zero-order valence-electron chi connectivity index (χ0n) is 11.7. The zero-order valence-corrected chi connectivity index (χ0v) is 12.4. The minimum atomic E-state index is 0.614. The highest BCUT2D eigenvalue weighted by Crippen LogP contribution is 2.41. The fourth-order valence-corrected chi connectivity index (χ4v) is 2.54. The van der Waals surface area contributed by atoms with Crippen molar-refractivity contribution < 1.29 is 4.74 Å². The summed E-state index contributed by atoms with van der Waals surface area (Å²) in [6.45, 7) is 2.72. The zero-order chi connectivity index (χ0) is 14.3. The third kappa shape index (κ3) is 2.48. The van der Waals surface area contributed by atoms with Gasteiger partial charge >= 0.3 is 0 Å². The molecule has 0 spiro atoms. The quantitative estimate of drug-likeness (QED) is 0.939. The van der Waals surface area contributed by atoms with Gasteiger partial charge in [-0.1, -0.05) is 11.6 Å². The largest absolute Gasteiger partial charge is 0.491 e. The Kier molecular flexibility index (Phi) is 3.34. The minimum Gasteiger partial charge on any atom is -0.491 e. The number of hydrogen-bond donors (Lipinski definition) is 1. The van der Waals surface area contributed by atoms with Gasteiger partial charge in [0.2, 0.25) is 0 Å². The summed E-state index contributed by atoms with van der Waals surface area (Å²) in [5, 5.41) is 4.82. The molecule has 1 aromatic heterocycles. The van der Waals surface area contributed by atoms with Gasteiger partial charge in [0.25, 0.3) is 0 Å². The van der Waals surface area contributed by atoms with Crippen LogP contribution in [-0.2, 0) is 7.05 Å². The van der Waals surface area contributed by atoms with Crippen molar-refractivity contribution in [3.63, 3.8) is 0 Å². The van der Waals surface area contributed by atoms with Gasteiger partial charge in [0.05, 0.1) is 17.8 Å². The van der Waals surface area contributed by atoms with Gasteiger partial charge in [-0.15, -0.1) is 0 Å². The van der Waals surface area contributed by atoms with Crippen molar-refractivity contribution in [2.75, 3.05) is 12.3 Å². The number of ether oxygens (including phenoxy) is 1. The molecule has 0 unspecified atom stereocenters. The molecule has 4 nitrogen and oxygen atoms in total. The summed E-state index contributed by atoms with van der Waals surface area (Å²) in [4.78, 5) is 0. The molecule has 0 bridgehead atoms. The smallest absolute Gasteiger partial charge is 0.145 e. The second-order valence-corrected chi connectivity index (χ2v) is 5.85. The summed E-state index contributed by atoms with van der Waals surface area (Å²) in [5.41, 5.74) is 8.93. The van der Waals surface area contributed by atoms with E-state index in [-0.39, 0.29) is 0 Å². The van der Waals surface area contributed by atoms with Crippen molar-refractivity contribution in [2.45, 2.75) is 19.8 Å². The predicted octanol–water partition coefficient (Wildman–Crippen LogP) is 3.42. The molecule has 1 saturated carbocycles. The highest BCUT2D eigenvalue weighted by molar-refractivity contribution is 6.32. The lowest BCUT2D eigenvalue weighted by molar-refractivity contribution is 0.301. The minimum absolute atomic E-state index is 0.614. The van der Waals surface area contributed by atoms with Crippen LogP contribution in [0, 0.1) is 12.8 Å². The SMILES string of the molecule is Cc1cc(Cl)c(OCC2CC2)c(-c2cnn(C)c2N)c1. The molecule has 2 aromatic rings. The van der Waals surface area contributed by atoms with E-state index < -0.39 is 0 Å². The molecule has 20 heavy (non-hydrogen) atoms. The predicted molar refractivity (Wildman–Crippen MR) is 81.0 cm³/mol. The molecule has 1 aliphatic rings. The molecule has 1 fully saturated rings. The molecule has 0 radical (unpaired) electrons. The van der Waals surface area contributed by atoms with Crippen molar-refractivity contribution in [1.82, 2.24) is 9.78 Å². The Bertz CT molecular complexity index is 647. The monoisotopic (exact) mass is 291 g/mol. The van der Waals surface area contributed by atoms with E-state index in [0.29, 0.717) is 22.5 Å². The third-order valence-electron chi connectivity index (χ3n) is 3.62. The van der Waals surface area contributed by atoms with Crippen LogP contribution in [0.4, 0.5) is 5.82 Å². The summed E-state index contributed by atoms with van der Waals surface area (Å²) < 4.78 is 7.59. The number of hydrogen-bond acceptors (Lipinski definition) is 3. The molecule has 106 valence electrons. The first-order valence-corrected chi connectivity index (χ1v) is 7.15. The average Bonchev–Trinajstić information content (AvgIpc) is 3.15. The van der Waals surface area contributed by atoms with Gasteiger partial charge in [-0.25, -0.2) is 0 Å². The van der Waals surface area contributed by atoms with E-state index in [2.05, 4.69) is 5.10 Å². The molecule has 0 aliphatic heterocycles. The number of benzene rings is 1. The second-order valence-electron chi connectivity index (χ2n) is 5.44. The highest BCUT2D eigenvalue weighted by atomic mass is 35.5. The van der Waals surface area contributed by atoms with Gasteiger partial charge in [0, 0.05) is 18.2 Å². The standard InChI is InChI=1S/C15H18ClN3O/c1-9-5-11(12-7-18-19(2)15(12)17)14(13(16)6-9)20-8-10-3-4-10/h5-7,10H,3-4,8,17H2,1-2H3. The number of halogens is 1. The normalized spacial score (nSPS) is 14.6. The fraction of sp³-hybridized carbons (Fsp3) is 0.400. The molecule has 1 aromatic carbocycles. The molecule has 0 atom stereocenters. The maximum atomic E-state index is 6.35. The molecule has 2 N–H and O–H groups in total. The second kappa shape index (κ2) is 5.02. The molecule has 0 saturated heterocycles. The molecule has 1 aliphatic carbocycles. The van der Waals surface area contributed by atoms with Gasteiger partial charge in [-0.2, -0.15) is 5.10 Å². The topological polar surface area (TPSA) is 53.1 Å². The first kappa shape index (κ1) is 13.3.